The second kappa shape index (κ2) is 5.85. The smallest absolute Gasteiger partial charge is 0.330 e. The van der Waals surface area contributed by atoms with E-state index in [9.17, 15) is 14.4 Å². The SMILES string of the molecule is CC1CCNC1C(=O)N(C)Cc1cn(C)c(=O)n(C)c1=O. The first kappa shape index (κ1) is 15.5. The average molecular weight is 294 g/mol. The molecule has 1 amide bonds. The van der Waals surface area contributed by atoms with E-state index in [4.69, 9.17) is 0 Å². The molecule has 0 saturated carbocycles. The molecule has 1 aliphatic rings. The van der Waals surface area contributed by atoms with Gasteiger partial charge in [0.2, 0.25) is 5.91 Å². The number of carbonyl (C=O) groups is 1. The summed E-state index contributed by atoms with van der Waals surface area (Å²) in [5.74, 6) is 0.277. The molecule has 1 aromatic heterocycles. The first-order valence-electron chi connectivity index (χ1n) is 7.06. The quantitative estimate of drug-likeness (QED) is 0.779. The molecule has 1 fully saturated rings. The Balaban J connectivity index is 2.20. The van der Waals surface area contributed by atoms with Gasteiger partial charge >= 0.3 is 5.69 Å². The number of aromatic nitrogens is 2. The molecule has 7 nitrogen and oxygen atoms in total. The van der Waals surface area contributed by atoms with Gasteiger partial charge in [-0.2, -0.15) is 0 Å². The number of nitrogens with one attached hydrogen (secondary N) is 1. The fourth-order valence-corrected chi connectivity index (χ4v) is 2.73. The molecule has 7 heteroatoms. The van der Waals surface area contributed by atoms with Crippen molar-refractivity contribution in [1.29, 1.82) is 0 Å². The number of hydrogen-bond donors (Lipinski definition) is 1. The summed E-state index contributed by atoms with van der Waals surface area (Å²) >= 11 is 0. The molecule has 1 aromatic rings. The zero-order chi connectivity index (χ0) is 15.7. The van der Waals surface area contributed by atoms with Crippen molar-refractivity contribution in [3.8, 4) is 0 Å². The van der Waals surface area contributed by atoms with Gasteiger partial charge in [0.25, 0.3) is 5.56 Å². The van der Waals surface area contributed by atoms with Crippen LogP contribution in [0.1, 0.15) is 18.9 Å². The van der Waals surface area contributed by atoms with Crippen LogP contribution in [0.25, 0.3) is 0 Å². The molecule has 0 aliphatic carbocycles. The highest BCUT2D eigenvalue weighted by atomic mass is 16.2. The molecule has 1 saturated heterocycles. The second-order valence-corrected chi connectivity index (χ2v) is 5.80. The molecule has 0 bridgehead atoms. The largest absolute Gasteiger partial charge is 0.340 e. The maximum absolute atomic E-state index is 12.4. The summed E-state index contributed by atoms with van der Waals surface area (Å²) in [4.78, 5) is 37.7. The van der Waals surface area contributed by atoms with Gasteiger partial charge in [0.15, 0.2) is 0 Å². The number of carbonyl (C=O) groups excluding carboxylic acids is 1. The van der Waals surface area contributed by atoms with Crippen LogP contribution in [0, 0.1) is 5.92 Å². The van der Waals surface area contributed by atoms with E-state index in [1.165, 1.54) is 17.8 Å². The summed E-state index contributed by atoms with van der Waals surface area (Å²) in [6, 6.07) is -0.189. The lowest BCUT2D eigenvalue weighted by Crippen LogP contribution is -2.45. The van der Waals surface area contributed by atoms with Gasteiger partial charge < -0.3 is 14.8 Å². The van der Waals surface area contributed by atoms with Crippen LogP contribution >= 0.6 is 0 Å². The van der Waals surface area contributed by atoms with Crippen molar-refractivity contribution in [2.24, 2.45) is 20.0 Å². The summed E-state index contributed by atoms with van der Waals surface area (Å²) in [6.07, 6.45) is 2.48. The number of rotatable bonds is 3. The molecule has 1 aliphatic heterocycles. The van der Waals surface area contributed by atoms with Gasteiger partial charge in [-0.25, -0.2) is 4.79 Å². The number of aryl methyl sites for hydroxylation is 1. The average Bonchev–Trinajstić information content (AvgIpc) is 2.87. The van der Waals surface area contributed by atoms with Gasteiger partial charge in [0.1, 0.15) is 0 Å². The maximum atomic E-state index is 12.4. The minimum atomic E-state index is -0.371. The van der Waals surface area contributed by atoms with E-state index < -0.39 is 0 Å². The van der Waals surface area contributed by atoms with Crippen molar-refractivity contribution in [3.05, 3.63) is 32.6 Å². The van der Waals surface area contributed by atoms with Crippen LogP contribution in [0.2, 0.25) is 0 Å². The molecule has 2 atom stereocenters. The van der Waals surface area contributed by atoms with Crippen molar-refractivity contribution in [3.63, 3.8) is 0 Å². The predicted octanol–water partition coefficient (Wildman–Crippen LogP) is -0.960. The monoisotopic (exact) mass is 294 g/mol. The summed E-state index contributed by atoms with van der Waals surface area (Å²) in [5.41, 5.74) is -0.296. The van der Waals surface area contributed by atoms with E-state index in [0.717, 1.165) is 17.5 Å². The Bertz CT molecular complexity index is 661. The molecule has 2 rings (SSSR count). The van der Waals surface area contributed by atoms with Gasteiger partial charge in [-0.3, -0.25) is 14.2 Å². The topological polar surface area (TPSA) is 76.3 Å². The molecular weight excluding hydrogens is 272 g/mol. The van der Waals surface area contributed by atoms with E-state index in [-0.39, 0.29) is 29.7 Å². The summed E-state index contributed by atoms with van der Waals surface area (Å²) in [7, 11) is 4.71. The first-order valence-corrected chi connectivity index (χ1v) is 7.06. The van der Waals surface area contributed by atoms with Crippen LogP contribution in [0.5, 0.6) is 0 Å². The van der Waals surface area contributed by atoms with Crippen LogP contribution in [0.15, 0.2) is 15.8 Å². The molecule has 2 heterocycles. The molecule has 116 valence electrons. The lowest BCUT2D eigenvalue weighted by Gasteiger charge is -2.23. The Morgan fingerprint density at radius 1 is 1.43 bits per heavy atom. The normalized spacial score (nSPS) is 21.5. The second-order valence-electron chi connectivity index (χ2n) is 5.80. The van der Waals surface area contributed by atoms with Crippen molar-refractivity contribution in [2.75, 3.05) is 13.6 Å². The van der Waals surface area contributed by atoms with E-state index in [1.807, 2.05) is 6.92 Å². The van der Waals surface area contributed by atoms with Crippen molar-refractivity contribution < 1.29 is 4.79 Å². The Kier molecular flexibility index (Phi) is 4.32. The van der Waals surface area contributed by atoms with E-state index in [1.54, 1.807) is 19.0 Å². The molecule has 0 aromatic carbocycles. The van der Waals surface area contributed by atoms with Gasteiger partial charge in [0.05, 0.1) is 18.2 Å². The molecule has 21 heavy (non-hydrogen) atoms. The van der Waals surface area contributed by atoms with Crippen LogP contribution in [-0.4, -0.2) is 39.6 Å². The maximum Gasteiger partial charge on any atom is 0.330 e. The van der Waals surface area contributed by atoms with E-state index in [0.29, 0.717) is 11.5 Å². The van der Waals surface area contributed by atoms with Gasteiger partial charge in [-0.1, -0.05) is 6.92 Å². The zero-order valence-electron chi connectivity index (χ0n) is 12.9. The summed E-state index contributed by atoms with van der Waals surface area (Å²) in [6.45, 7) is 3.08. The number of hydrogen-bond acceptors (Lipinski definition) is 4. The van der Waals surface area contributed by atoms with Gasteiger partial charge in [0, 0.05) is 27.3 Å². The Labute approximate surface area is 123 Å². The number of nitrogens with zero attached hydrogens (tertiary/aromatic N) is 3. The first-order chi connectivity index (χ1) is 9.82. The molecular formula is C14H22N4O3. The minimum Gasteiger partial charge on any atom is -0.340 e. The lowest BCUT2D eigenvalue weighted by molar-refractivity contribution is -0.133. The third-order valence-corrected chi connectivity index (χ3v) is 4.10. The highest BCUT2D eigenvalue weighted by molar-refractivity contribution is 5.82. The Morgan fingerprint density at radius 3 is 2.67 bits per heavy atom. The molecule has 0 spiro atoms. The van der Waals surface area contributed by atoms with Crippen LogP contribution in [0.3, 0.4) is 0 Å². The van der Waals surface area contributed by atoms with Gasteiger partial charge in [-0.05, 0) is 18.9 Å². The third kappa shape index (κ3) is 2.92. The van der Waals surface area contributed by atoms with E-state index >= 15 is 0 Å². The van der Waals surface area contributed by atoms with Crippen molar-refractivity contribution in [1.82, 2.24) is 19.4 Å². The number of likely N-dealkylation sites (N-methyl/N-ethyl adjacent to an activating group) is 1. The fourth-order valence-electron chi connectivity index (χ4n) is 2.73. The predicted molar refractivity (Wildman–Crippen MR) is 79.0 cm³/mol. The lowest BCUT2D eigenvalue weighted by atomic mass is 10.0. The van der Waals surface area contributed by atoms with Crippen molar-refractivity contribution in [2.45, 2.75) is 25.9 Å². The Morgan fingerprint density at radius 2 is 2.10 bits per heavy atom. The fraction of sp³-hybridized carbons (Fsp3) is 0.643. The Hall–Kier alpha value is -1.89. The number of amides is 1. The van der Waals surface area contributed by atoms with Gasteiger partial charge in [-0.15, -0.1) is 0 Å². The summed E-state index contributed by atoms with van der Waals surface area (Å²) < 4.78 is 2.41. The van der Waals surface area contributed by atoms with E-state index in [2.05, 4.69) is 5.32 Å². The molecule has 1 N–H and O–H groups in total. The highest BCUT2D eigenvalue weighted by Gasteiger charge is 2.31. The molecule has 0 radical (unpaired) electrons. The zero-order valence-corrected chi connectivity index (χ0v) is 12.9. The van der Waals surface area contributed by atoms with Crippen LogP contribution in [0.4, 0.5) is 0 Å². The molecule has 2 unspecified atom stereocenters. The summed E-state index contributed by atoms with van der Waals surface area (Å²) in [5, 5.41) is 3.19. The third-order valence-electron chi connectivity index (χ3n) is 4.10. The minimum absolute atomic E-state index is 0.0177. The van der Waals surface area contributed by atoms with Crippen LogP contribution < -0.4 is 16.6 Å². The highest BCUT2D eigenvalue weighted by Crippen LogP contribution is 2.16. The van der Waals surface area contributed by atoms with Crippen molar-refractivity contribution >= 4 is 5.91 Å². The standard InChI is InChI=1S/C14H22N4O3/c1-9-5-6-15-11(9)13(20)16(2)7-10-8-17(3)14(21)18(4)12(10)19/h8-9,11,15H,5-7H2,1-4H3. The van der Waals surface area contributed by atoms with Crippen LogP contribution in [-0.2, 0) is 25.4 Å².